The van der Waals surface area contributed by atoms with Crippen LogP contribution in [-0.4, -0.2) is 3.71 Å². The summed E-state index contributed by atoms with van der Waals surface area (Å²) in [6, 6.07) is 23.6. The van der Waals surface area contributed by atoms with Crippen LogP contribution in [0.4, 0.5) is 0 Å². The van der Waals surface area contributed by atoms with Gasteiger partial charge in [0, 0.05) is 0 Å². The molecule has 0 nitrogen and oxygen atoms in total. The molecule has 5 rings (SSSR count). The molecule has 1 atom stereocenters. The van der Waals surface area contributed by atoms with Crippen molar-refractivity contribution in [2.24, 2.45) is 11.3 Å². The number of allylic oxidation sites excluding steroid dienone is 4. The Balaban J connectivity index is 0.00000242. The summed E-state index contributed by atoms with van der Waals surface area (Å²) in [5.41, 5.74) is 12.4. The Labute approximate surface area is 276 Å². The van der Waals surface area contributed by atoms with Gasteiger partial charge in [-0.05, 0) is 0 Å². The second-order valence-electron chi connectivity index (χ2n) is 15.2. The van der Waals surface area contributed by atoms with Crippen molar-refractivity contribution in [1.82, 2.24) is 0 Å². The molecule has 3 heteroatoms. The summed E-state index contributed by atoms with van der Waals surface area (Å²) >= 11 is -2.41. The predicted molar refractivity (Wildman–Crippen MR) is 173 cm³/mol. The number of hydrogen-bond acceptors (Lipinski definition) is 0. The molecular formula is C39H48Cl2Zr. The average molecular weight is 679 g/mol. The third kappa shape index (κ3) is 7.22. The van der Waals surface area contributed by atoms with E-state index in [0.29, 0.717) is 5.92 Å². The van der Waals surface area contributed by atoms with Gasteiger partial charge in [-0.15, -0.1) is 0 Å². The molecule has 0 aromatic heterocycles. The van der Waals surface area contributed by atoms with E-state index in [0.717, 1.165) is 12.8 Å². The van der Waals surface area contributed by atoms with E-state index in [-0.39, 0.29) is 41.1 Å². The van der Waals surface area contributed by atoms with Crippen molar-refractivity contribution in [3.8, 4) is 11.1 Å². The van der Waals surface area contributed by atoms with Crippen molar-refractivity contribution in [3.05, 3.63) is 109 Å². The maximum absolute atomic E-state index is 2.80. The quantitative estimate of drug-likeness (QED) is 0.310. The summed E-state index contributed by atoms with van der Waals surface area (Å²) in [5.74, 6) is 0.515. The molecule has 3 aromatic carbocycles. The van der Waals surface area contributed by atoms with Crippen LogP contribution in [0, 0.1) is 11.3 Å². The van der Waals surface area contributed by atoms with E-state index >= 15 is 0 Å². The van der Waals surface area contributed by atoms with Crippen molar-refractivity contribution < 1.29 is 46.1 Å². The molecule has 3 aromatic rings. The molecule has 42 heavy (non-hydrogen) atoms. The fourth-order valence-electron chi connectivity index (χ4n) is 6.13. The van der Waals surface area contributed by atoms with Gasteiger partial charge < -0.3 is 24.8 Å². The Morgan fingerprint density at radius 2 is 1.36 bits per heavy atom. The number of rotatable bonds is 4. The monoisotopic (exact) mass is 676 g/mol. The minimum absolute atomic E-state index is 0. The van der Waals surface area contributed by atoms with E-state index in [4.69, 9.17) is 0 Å². The first-order chi connectivity index (χ1) is 18.6. The Kier molecular flexibility index (Phi) is 10.7. The molecule has 0 spiro atoms. The van der Waals surface area contributed by atoms with Crippen LogP contribution in [0.2, 0.25) is 0 Å². The van der Waals surface area contributed by atoms with Gasteiger partial charge in [-0.1, -0.05) is 0 Å². The molecule has 222 valence electrons. The maximum Gasteiger partial charge on any atom is -1.00 e. The van der Waals surface area contributed by atoms with Crippen LogP contribution in [0.3, 0.4) is 0 Å². The molecule has 0 N–H and O–H groups in total. The van der Waals surface area contributed by atoms with Crippen LogP contribution in [0.25, 0.3) is 11.1 Å². The Morgan fingerprint density at radius 3 is 1.93 bits per heavy atom. The normalized spacial score (nSPS) is 16.2. The van der Waals surface area contributed by atoms with E-state index in [1.807, 2.05) is 0 Å². The molecule has 0 bridgehead atoms. The summed E-state index contributed by atoms with van der Waals surface area (Å²) in [6.07, 6.45) is 7.31. The van der Waals surface area contributed by atoms with Gasteiger partial charge in [0.25, 0.3) is 0 Å². The fourth-order valence-corrected chi connectivity index (χ4v) is 13.4. The van der Waals surface area contributed by atoms with Gasteiger partial charge in [0.2, 0.25) is 0 Å². The molecule has 0 amide bonds. The smallest absolute Gasteiger partial charge is 1.00 e. The number of benzene rings is 3. The number of fused-ring (bicyclic) bond motifs is 3. The minimum Gasteiger partial charge on any atom is -1.00 e. The van der Waals surface area contributed by atoms with Gasteiger partial charge >= 0.3 is 253 Å². The zero-order valence-electron chi connectivity index (χ0n) is 27.3. The predicted octanol–water partition coefficient (Wildman–Crippen LogP) is 3.66. The first kappa shape index (κ1) is 35.0. The van der Waals surface area contributed by atoms with E-state index < -0.39 is 21.3 Å². The van der Waals surface area contributed by atoms with Crippen molar-refractivity contribution in [2.75, 3.05) is 0 Å². The zero-order chi connectivity index (χ0) is 29.0. The van der Waals surface area contributed by atoms with E-state index in [2.05, 4.69) is 146 Å². The average Bonchev–Trinajstić information content (AvgIpc) is 3.44. The van der Waals surface area contributed by atoms with Crippen LogP contribution in [-0.2, 0) is 44.9 Å². The maximum atomic E-state index is 2.80. The largest absolute Gasteiger partial charge is 1.00 e. The molecule has 0 saturated carbocycles. The molecule has 0 saturated heterocycles. The van der Waals surface area contributed by atoms with Crippen molar-refractivity contribution >= 4 is 6.98 Å². The van der Waals surface area contributed by atoms with E-state index in [1.54, 1.807) is 12.1 Å². The summed E-state index contributed by atoms with van der Waals surface area (Å²) in [5, 5.41) is 0. The van der Waals surface area contributed by atoms with Crippen molar-refractivity contribution in [2.45, 2.75) is 92.9 Å². The third-order valence-electron chi connectivity index (χ3n) is 8.83. The molecule has 0 heterocycles. The van der Waals surface area contributed by atoms with Crippen LogP contribution in [0.1, 0.15) is 97.1 Å². The first-order valence-corrected chi connectivity index (χ1v) is 19.0. The summed E-state index contributed by atoms with van der Waals surface area (Å²) in [7, 11) is 0. The summed E-state index contributed by atoms with van der Waals surface area (Å²) < 4.78 is 6.24. The Bertz CT molecular complexity index is 1530. The topological polar surface area (TPSA) is 0 Å². The van der Waals surface area contributed by atoms with E-state index in [9.17, 15) is 0 Å². The Morgan fingerprint density at radius 1 is 0.738 bits per heavy atom. The molecule has 2 aliphatic rings. The molecule has 0 aliphatic heterocycles. The summed E-state index contributed by atoms with van der Waals surface area (Å²) in [4.78, 5) is 0. The van der Waals surface area contributed by atoms with Gasteiger partial charge in [-0.25, -0.2) is 0 Å². The standard InChI is InChI=1S/C21H25.C10H15.C8H8.2ClH.Zr/c1-20(2,3)16-9-7-14-11-15-8-10-17(21(4,5)6)13-19(15)18(14)12-16;1-8-5-6-9(7-8)10(2,3)4;1-2-8-6-4-3-5-7-8;;;/h7,9-10,12-13H,11H2,1-6H3;6-8H,1-4H3;1,3-7H,2H2;2*1H;/q;;;;;+2/p-2. The van der Waals surface area contributed by atoms with Gasteiger partial charge in [0.05, 0.1) is 0 Å². The van der Waals surface area contributed by atoms with Gasteiger partial charge in [-0.2, -0.15) is 0 Å². The third-order valence-corrected chi connectivity index (χ3v) is 15.9. The fraction of sp³-hybridized carbons (Fsp3) is 0.410. The van der Waals surface area contributed by atoms with Gasteiger partial charge in [0.15, 0.2) is 0 Å². The zero-order valence-corrected chi connectivity index (χ0v) is 31.2. The minimum atomic E-state index is -2.41. The van der Waals surface area contributed by atoms with Crippen LogP contribution < -0.4 is 28.1 Å². The van der Waals surface area contributed by atoms with Crippen molar-refractivity contribution in [1.29, 1.82) is 0 Å². The van der Waals surface area contributed by atoms with Gasteiger partial charge in [0.1, 0.15) is 0 Å². The molecule has 1 unspecified atom stereocenters. The number of halogens is 2. The molecular weight excluding hydrogens is 631 g/mol. The van der Waals surface area contributed by atoms with Crippen LogP contribution in [0.15, 0.2) is 81.7 Å². The first-order valence-electron chi connectivity index (χ1n) is 15.1. The van der Waals surface area contributed by atoms with E-state index in [1.165, 1.54) is 39.0 Å². The van der Waals surface area contributed by atoms with Crippen LogP contribution >= 0.6 is 0 Å². The van der Waals surface area contributed by atoms with Gasteiger partial charge in [-0.3, -0.25) is 0 Å². The second-order valence-corrected chi connectivity index (χ2v) is 20.9. The molecule has 2 aliphatic carbocycles. The molecule has 0 radical (unpaired) electrons. The van der Waals surface area contributed by atoms with Crippen molar-refractivity contribution in [3.63, 3.8) is 0 Å². The van der Waals surface area contributed by atoms with Crippen LogP contribution in [0.5, 0.6) is 0 Å². The second kappa shape index (κ2) is 12.8. The summed E-state index contributed by atoms with van der Waals surface area (Å²) in [6.45, 7) is 23.7. The Hall–Kier alpha value is -1.53. The molecule has 0 fully saturated rings. The SMILES string of the molecule is CC1C=C(C(C)(C)C)C=[C]1[Zr+2](=[CH]Cc1ccccc1)[c]1cc(C(C)(C)C)cc2c1Cc1ccc(C(C)(C)C)cc1-2.[Cl-].[Cl-]. The number of hydrogen-bond donors (Lipinski definition) is 0.